The van der Waals surface area contributed by atoms with Gasteiger partial charge >= 0.3 is 0 Å². The number of rotatable bonds is 3. The van der Waals surface area contributed by atoms with E-state index in [9.17, 15) is 4.79 Å². The van der Waals surface area contributed by atoms with Crippen molar-refractivity contribution in [2.75, 3.05) is 12.1 Å². The summed E-state index contributed by atoms with van der Waals surface area (Å²) in [6.07, 6.45) is 3.39. The summed E-state index contributed by atoms with van der Waals surface area (Å²) in [7, 11) is 0. The zero-order chi connectivity index (χ0) is 16.4. The summed E-state index contributed by atoms with van der Waals surface area (Å²) in [4.78, 5) is 16.6. The molecule has 5 nitrogen and oxygen atoms in total. The Morgan fingerprint density at radius 3 is 2.62 bits per heavy atom. The molecule has 0 unspecified atom stereocenters. The van der Waals surface area contributed by atoms with Crippen molar-refractivity contribution in [2.45, 2.75) is 0 Å². The topological polar surface area (TPSA) is 60.5 Å². The average Bonchev–Trinajstić information content (AvgIpc) is 3.10. The fourth-order valence-electron chi connectivity index (χ4n) is 2.54. The lowest BCUT2D eigenvalue weighted by Gasteiger charge is -2.08. The van der Waals surface area contributed by atoms with E-state index < -0.39 is 0 Å². The lowest BCUT2D eigenvalue weighted by molar-refractivity contribution is 0.102. The van der Waals surface area contributed by atoms with Gasteiger partial charge in [-0.2, -0.15) is 0 Å². The number of nitrogens with zero attached hydrogens (tertiary/aromatic N) is 1. The minimum Gasteiger partial charge on any atom is -0.454 e. The Labute approximate surface area is 138 Å². The Kier molecular flexibility index (Phi) is 3.59. The van der Waals surface area contributed by atoms with Crippen LogP contribution in [-0.4, -0.2) is 17.7 Å². The molecule has 118 valence electrons. The summed E-state index contributed by atoms with van der Waals surface area (Å²) in [5.41, 5.74) is 3.13. The summed E-state index contributed by atoms with van der Waals surface area (Å²) in [5, 5.41) is 2.86. The number of anilines is 1. The van der Waals surface area contributed by atoms with Crippen LogP contribution >= 0.6 is 0 Å². The van der Waals surface area contributed by atoms with E-state index in [1.165, 1.54) is 0 Å². The number of hydrogen-bond donors (Lipinski definition) is 1. The van der Waals surface area contributed by atoms with Gasteiger partial charge in [-0.25, -0.2) is 0 Å². The summed E-state index contributed by atoms with van der Waals surface area (Å²) in [6, 6.07) is 16.9. The molecule has 1 aliphatic heterocycles. The number of carbonyl (C=O) groups excluding carboxylic acids is 1. The van der Waals surface area contributed by atoms with Crippen LogP contribution in [0.15, 0.2) is 67.0 Å². The molecule has 0 spiro atoms. The summed E-state index contributed by atoms with van der Waals surface area (Å²) in [5.74, 6) is 1.01. The highest BCUT2D eigenvalue weighted by atomic mass is 16.7. The lowest BCUT2D eigenvalue weighted by atomic mass is 10.1. The second kappa shape index (κ2) is 6.04. The van der Waals surface area contributed by atoms with Gasteiger partial charge < -0.3 is 14.8 Å². The van der Waals surface area contributed by atoms with Gasteiger partial charge in [0.1, 0.15) is 0 Å². The molecule has 1 N–H and O–H groups in total. The van der Waals surface area contributed by atoms with Crippen molar-refractivity contribution in [3.05, 3.63) is 72.6 Å². The molecule has 2 aromatic carbocycles. The van der Waals surface area contributed by atoms with E-state index >= 15 is 0 Å². The van der Waals surface area contributed by atoms with Crippen LogP contribution < -0.4 is 14.8 Å². The predicted molar refractivity (Wildman–Crippen MR) is 90.2 cm³/mol. The molecular formula is C19H14N2O3. The molecule has 0 bridgehead atoms. The van der Waals surface area contributed by atoms with Crippen molar-refractivity contribution in [1.82, 2.24) is 4.98 Å². The standard InChI is InChI=1S/C19H14N2O3/c22-19(14-6-7-17-18(9-14)24-12-23-17)21-16-8-15(10-20-11-16)13-4-2-1-3-5-13/h1-11H,12H2,(H,21,22). The van der Waals surface area contributed by atoms with Crippen LogP contribution in [-0.2, 0) is 0 Å². The SMILES string of the molecule is O=C(Nc1cncc(-c2ccccc2)c1)c1ccc2c(c1)OCO2. The monoisotopic (exact) mass is 318 g/mol. The van der Waals surface area contributed by atoms with Gasteiger partial charge in [-0.05, 0) is 29.8 Å². The quantitative estimate of drug-likeness (QED) is 0.799. The lowest BCUT2D eigenvalue weighted by Crippen LogP contribution is -2.12. The van der Waals surface area contributed by atoms with Crippen molar-refractivity contribution < 1.29 is 14.3 Å². The molecule has 1 amide bonds. The second-order valence-electron chi connectivity index (χ2n) is 5.35. The fourth-order valence-corrected chi connectivity index (χ4v) is 2.54. The first-order chi connectivity index (χ1) is 11.8. The maximum absolute atomic E-state index is 12.4. The Balaban J connectivity index is 1.56. The van der Waals surface area contributed by atoms with E-state index in [0.29, 0.717) is 22.7 Å². The van der Waals surface area contributed by atoms with Crippen molar-refractivity contribution in [1.29, 1.82) is 0 Å². The number of ether oxygens (including phenoxy) is 2. The maximum atomic E-state index is 12.4. The predicted octanol–water partition coefficient (Wildman–Crippen LogP) is 3.73. The molecule has 0 saturated carbocycles. The summed E-state index contributed by atoms with van der Waals surface area (Å²) < 4.78 is 10.6. The maximum Gasteiger partial charge on any atom is 0.255 e. The van der Waals surface area contributed by atoms with E-state index in [1.807, 2.05) is 36.4 Å². The first-order valence-electron chi connectivity index (χ1n) is 7.51. The zero-order valence-electron chi connectivity index (χ0n) is 12.7. The van der Waals surface area contributed by atoms with Gasteiger partial charge in [-0.3, -0.25) is 9.78 Å². The van der Waals surface area contributed by atoms with Crippen LogP contribution in [0.3, 0.4) is 0 Å². The number of aromatic nitrogens is 1. The Bertz CT molecular complexity index is 894. The smallest absolute Gasteiger partial charge is 0.255 e. The third-order valence-corrected chi connectivity index (χ3v) is 3.74. The van der Waals surface area contributed by atoms with Crippen molar-refractivity contribution in [3.63, 3.8) is 0 Å². The van der Waals surface area contributed by atoms with Crippen LogP contribution in [0.4, 0.5) is 5.69 Å². The first kappa shape index (κ1) is 14.3. The normalized spacial score (nSPS) is 12.0. The largest absolute Gasteiger partial charge is 0.454 e. The minimum absolute atomic E-state index is 0.184. The second-order valence-corrected chi connectivity index (χ2v) is 5.35. The number of pyridine rings is 1. The molecule has 1 aliphatic rings. The van der Waals surface area contributed by atoms with E-state index in [-0.39, 0.29) is 12.7 Å². The first-order valence-corrected chi connectivity index (χ1v) is 7.51. The number of fused-ring (bicyclic) bond motifs is 1. The van der Waals surface area contributed by atoms with Gasteiger partial charge in [0.25, 0.3) is 5.91 Å². The van der Waals surface area contributed by atoms with Crippen molar-refractivity contribution >= 4 is 11.6 Å². The van der Waals surface area contributed by atoms with Gasteiger partial charge in [0.2, 0.25) is 6.79 Å². The molecule has 0 saturated heterocycles. The molecule has 0 aliphatic carbocycles. The van der Waals surface area contributed by atoms with Crippen LogP contribution in [0.1, 0.15) is 10.4 Å². The zero-order valence-corrected chi connectivity index (χ0v) is 12.7. The number of benzene rings is 2. The van der Waals surface area contributed by atoms with Crippen LogP contribution in [0.25, 0.3) is 11.1 Å². The Morgan fingerprint density at radius 2 is 1.75 bits per heavy atom. The van der Waals surface area contributed by atoms with Crippen molar-refractivity contribution in [3.8, 4) is 22.6 Å². The number of amides is 1. The third kappa shape index (κ3) is 2.79. The highest BCUT2D eigenvalue weighted by Gasteiger charge is 2.16. The molecule has 0 atom stereocenters. The molecule has 4 rings (SSSR count). The molecule has 0 radical (unpaired) electrons. The van der Waals surface area contributed by atoms with Gasteiger partial charge in [0.15, 0.2) is 11.5 Å². The molecule has 2 heterocycles. The van der Waals surface area contributed by atoms with Gasteiger partial charge in [-0.15, -0.1) is 0 Å². The molecule has 0 fully saturated rings. The number of hydrogen-bond acceptors (Lipinski definition) is 4. The fraction of sp³-hybridized carbons (Fsp3) is 0.0526. The number of nitrogens with one attached hydrogen (secondary N) is 1. The third-order valence-electron chi connectivity index (χ3n) is 3.74. The highest BCUT2D eigenvalue weighted by molar-refractivity contribution is 6.04. The highest BCUT2D eigenvalue weighted by Crippen LogP contribution is 2.32. The minimum atomic E-state index is -0.222. The van der Waals surface area contributed by atoms with Crippen LogP contribution in [0.2, 0.25) is 0 Å². The summed E-state index contributed by atoms with van der Waals surface area (Å²) >= 11 is 0. The van der Waals surface area contributed by atoms with E-state index in [2.05, 4.69) is 10.3 Å². The van der Waals surface area contributed by atoms with Crippen LogP contribution in [0, 0.1) is 0 Å². The molecule has 24 heavy (non-hydrogen) atoms. The summed E-state index contributed by atoms with van der Waals surface area (Å²) in [6.45, 7) is 0.184. The number of carbonyl (C=O) groups is 1. The van der Waals surface area contributed by atoms with Gasteiger partial charge in [0.05, 0.1) is 11.9 Å². The van der Waals surface area contributed by atoms with Gasteiger partial charge in [-0.1, -0.05) is 30.3 Å². The molecule has 5 heteroatoms. The Hall–Kier alpha value is -3.34. The Morgan fingerprint density at radius 1 is 0.917 bits per heavy atom. The molecule has 1 aromatic heterocycles. The van der Waals surface area contributed by atoms with Crippen LogP contribution in [0.5, 0.6) is 11.5 Å². The molecule has 3 aromatic rings. The molecular weight excluding hydrogens is 304 g/mol. The van der Waals surface area contributed by atoms with Gasteiger partial charge in [0, 0.05) is 17.3 Å². The average molecular weight is 318 g/mol. The van der Waals surface area contributed by atoms with E-state index in [1.54, 1.807) is 30.6 Å². The van der Waals surface area contributed by atoms with E-state index in [0.717, 1.165) is 11.1 Å². The van der Waals surface area contributed by atoms with E-state index in [4.69, 9.17) is 9.47 Å². The van der Waals surface area contributed by atoms with Crippen molar-refractivity contribution in [2.24, 2.45) is 0 Å².